The molecule has 0 amide bonds. The largest absolute Gasteiger partial charge is 0.377 e. The number of nitrogens with zero attached hydrogens (tertiary/aromatic N) is 1. The van der Waals surface area contributed by atoms with E-state index in [2.05, 4.69) is 60.6 Å². The van der Waals surface area contributed by atoms with Crippen molar-refractivity contribution in [3.05, 3.63) is 65.2 Å². The second kappa shape index (κ2) is 11.1. The Morgan fingerprint density at radius 3 is 2.44 bits per heavy atom. The summed E-state index contributed by atoms with van der Waals surface area (Å²) in [6.45, 7) is 8.27. The SMILES string of the molecule is CCOCc1ccc(CN=C(N)Nc2cccc(C(C)C)c2)cc1.I. The maximum atomic E-state index is 5.99. The minimum absolute atomic E-state index is 0. The van der Waals surface area contributed by atoms with Crippen LogP contribution in [0.5, 0.6) is 0 Å². The standard InChI is InChI=1S/C20H27N3O.HI/c1-4-24-14-17-10-8-16(9-11-17)13-22-20(21)23-19-7-5-6-18(12-19)15(2)3;/h5-12,15H,4,13-14H2,1-3H3,(H3,21,22,23);1H. The molecule has 0 aromatic heterocycles. The van der Waals surface area contributed by atoms with Gasteiger partial charge in [-0.05, 0) is 41.7 Å². The van der Waals surface area contributed by atoms with Gasteiger partial charge in [-0.2, -0.15) is 0 Å². The van der Waals surface area contributed by atoms with Gasteiger partial charge in [-0.3, -0.25) is 0 Å². The second-order valence-electron chi connectivity index (χ2n) is 6.06. The number of ether oxygens (including phenoxy) is 1. The van der Waals surface area contributed by atoms with Gasteiger partial charge in [0.05, 0.1) is 13.2 Å². The summed E-state index contributed by atoms with van der Waals surface area (Å²) >= 11 is 0. The molecule has 2 aromatic rings. The number of hydrogen-bond donors (Lipinski definition) is 2. The van der Waals surface area contributed by atoms with E-state index >= 15 is 0 Å². The fourth-order valence-corrected chi connectivity index (χ4v) is 2.30. The van der Waals surface area contributed by atoms with Crippen LogP contribution in [0, 0.1) is 0 Å². The van der Waals surface area contributed by atoms with Gasteiger partial charge in [0.2, 0.25) is 0 Å². The summed E-state index contributed by atoms with van der Waals surface area (Å²) in [4.78, 5) is 4.41. The van der Waals surface area contributed by atoms with Crippen LogP contribution in [0.15, 0.2) is 53.5 Å². The predicted molar refractivity (Wildman–Crippen MR) is 117 cm³/mol. The maximum absolute atomic E-state index is 5.99. The van der Waals surface area contributed by atoms with Crippen molar-refractivity contribution in [1.82, 2.24) is 0 Å². The fourth-order valence-electron chi connectivity index (χ4n) is 2.30. The molecule has 0 aliphatic carbocycles. The van der Waals surface area contributed by atoms with Crippen LogP contribution in [0.1, 0.15) is 43.4 Å². The molecule has 5 heteroatoms. The van der Waals surface area contributed by atoms with Gasteiger partial charge in [0, 0.05) is 12.3 Å². The highest BCUT2D eigenvalue weighted by molar-refractivity contribution is 14.0. The summed E-state index contributed by atoms with van der Waals surface area (Å²) in [5, 5.41) is 3.15. The van der Waals surface area contributed by atoms with Crippen molar-refractivity contribution in [3.8, 4) is 0 Å². The van der Waals surface area contributed by atoms with Crippen LogP contribution in [0.4, 0.5) is 5.69 Å². The Labute approximate surface area is 167 Å². The molecule has 2 aromatic carbocycles. The highest BCUT2D eigenvalue weighted by atomic mass is 127. The molecule has 0 unspecified atom stereocenters. The molecule has 3 N–H and O–H groups in total. The lowest BCUT2D eigenvalue weighted by atomic mass is 10.0. The zero-order valence-corrected chi connectivity index (χ0v) is 17.5. The van der Waals surface area contributed by atoms with Crippen LogP contribution in [0.3, 0.4) is 0 Å². The van der Waals surface area contributed by atoms with E-state index in [1.54, 1.807) is 0 Å². The van der Waals surface area contributed by atoms with Crippen molar-refractivity contribution in [2.24, 2.45) is 10.7 Å². The van der Waals surface area contributed by atoms with Gasteiger partial charge in [0.1, 0.15) is 0 Å². The van der Waals surface area contributed by atoms with Gasteiger partial charge < -0.3 is 15.8 Å². The monoisotopic (exact) mass is 453 g/mol. The Hall–Kier alpha value is -1.60. The molecule has 0 saturated heterocycles. The molecule has 25 heavy (non-hydrogen) atoms. The number of halogens is 1. The van der Waals surface area contributed by atoms with Crippen LogP contribution >= 0.6 is 24.0 Å². The van der Waals surface area contributed by atoms with Gasteiger partial charge in [-0.1, -0.05) is 50.2 Å². The normalized spacial score (nSPS) is 11.3. The summed E-state index contributed by atoms with van der Waals surface area (Å²) in [7, 11) is 0. The Morgan fingerprint density at radius 1 is 1.12 bits per heavy atom. The highest BCUT2D eigenvalue weighted by Gasteiger charge is 2.01. The lowest BCUT2D eigenvalue weighted by Crippen LogP contribution is -2.22. The molecule has 0 fully saturated rings. The highest BCUT2D eigenvalue weighted by Crippen LogP contribution is 2.18. The van der Waals surface area contributed by atoms with Crippen molar-refractivity contribution >= 4 is 35.6 Å². The topological polar surface area (TPSA) is 59.6 Å². The first kappa shape index (κ1) is 21.4. The van der Waals surface area contributed by atoms with E-state index in [1.165, 1.54) is 11.1 Å². The molecule has 0 atom stereocenters. The lowest BCUT2D eigenvalue weighted by Gasteiger charge is -2.10. The quantitative estimate of drug-likeness (QED) is 0.357. The Bertz CT molecular complexity index is 669. The lowest BCUT2D eigenvalue weighted by molar-refractivity contribution is 0.134. The van der Waals surface area contributed by atoms with Crippen molar-refractivity contribution in [3.63, 3.8) is 0 Å². The van der Waals surface area contributed by atoms with E-state index in [-0.39, 0.29) is 24.0 Å². The maximum Gasteiger partial charge on any atom is 0.193 e. The van der Waals surface area contributed by atoms with Gasteiger partial charge in [-0.15, -0.1) is 24.0 Å². The average molecular weight is 453 g/mol. The molecule has 0 saturated carbocycles. The number of hydrogen-bond acceptors (Lipinski definition) is 2. The van der Waals surface area contributed by atoms with Crippen LogP contribution in [0.2, 0.25) is 0 Å². The van der Waals surface area contributed by atoms with Crippen LogP contribution < -0.4 is 11.1 Å². The third-order valence-corrected chi connectivity index (χ3v) is 3.75. The smallest absolute Gasteiger partial charge is 0.193 e. The number of nitrogens with one attached hydrogen (secondary N) is 1. The molecule has 0 bridgehead atoms. The number of anilines is 1. The van der Waals surface area contributed by atoms with Gasteiger partial charge in [0.15, 0.2) is 5.96 Å². The van der Waals surface area contributed by atoms with Crippen LogP contribution in [-0.2, 0) is 17.9 Å². The minimum atomic E-state index is 0. The summed E-state index contributed by atoms with van der Waals surface area (Å²) in [5.41, 5.74) is 10.5. The molecular formula is C20H28IN3O. The van der Waals surface area contributed by atoms with E-state index in [4.69, 9.17) is 10.5 Å². The van der Waals surface area contributed by atoms with E-state index < -0.39 is 0 Å². The minimum Gasteiger partial charge on any atom is -0.377 e. The number of benzene rings is 2. The fraction of sp³-hybridized carbons (Fsp3) is 0.350. The zero-order chi connectivity index (χ0) is 17.4. The Balaban J connectivity index is 0.00000312. The number of nitrogens with two attached hydrogens (primary N) is 1. The molecule has 2 rings (SSSR count). The van der Waals surface area contributed by atoms with Crippen molar-refractivity contribution < 1.29 is 4.74 Å². The molecule has 0 aliphatic rings. The predicted octanol–water partition coefficient (Wildman–Crippen LogP) is 4.89. The Morgan fingerprint density at radius 2 is 1.80 bits per heavy atom. The van der Waals surface area contributed by atoms with Gasteiger partial charge >= 0.3 is 0 Å². The molecule has 0 aliphatic heterocycles. The number of rotatable bonds is 7. The van der Waals surface area contributed by atoms with E-state index in [0.29, 0.717) is 25.0 Å². The van der Waals surface area contributed by atoms with Crippen LogP contribution in [-0.4, -0.2) is 12.6 Å². The summed E-state index contributed by atoms with van der Waals surface area (Å²) < 4.78 is 5.39. The number of guanidine groups is 1. The first-order valence-corrected chi connectivity index (χ1v) is 8.41. The third-order valence-electron chi connectivity index (χ3n) is 3.75. The molecule has 136 valence electrons. The Kier molecular flexibility index (Phi) is 9.52. The van der Waals surface area contributed by atoms with Gasteiger partial charge in [0.25, 0.3) is 0 Å². The van der Waals surface area contributed by atoms with Crippen molar-refractivity contribution in [1.29, 1.82) is 0 Å². The first-order valence-electron chi connectivity index (χ1n) is 8.41. The zero-order valence-electron chi connectivity index (χ0n) is 15.2. The average Bonchev–Trinajstić information content (AvgIpc) is 2.59. The second-order valence-corrected chi connectivity index (χ2v) is 6.06. The molecule has 0 heterocycles. The number of aliphatic imine (C=N–C) groups is 1. The van der Waals surface area contributed by atoms with Crippen LogP contribution in [0.25, 0.3) is 0 Å². The molecular weight excluding hydrogens is 425 g/mol. The molecule has 0 radical (unpaired) electrons. The third kappa shape index (κ3) is 7.44. The van der Waals surface area contributed by atoms with E-state index in [1.807, 2.05) is 19.1 Å². The van der Waals surface area contributed by atoms with E-state index in [9.17, 15) is 0 Å². The summed E-state index contributed by atoms with van der Waals surface area (Å²) in [6, 6.07) is 16.5. The summed E-state index contributed by atoms with van der Waals surface area (Å²) in [6.07, 6.45) is 0. The van der Waals surface area contributed by atoms with Crippen molar-refractivity contribution in [2.45, 2.75) is 39.8 Å². The van der Waals surface area contributed by atoms with Crippen molar-refractivity contribution in [2.75, 3.05) is 11.9 Å². The summed E-state index contributed by atoms with van der Waals surface area (Å²) in [5.74, 6) is 0.911. The molecule has 4 nitrogen and oxygen atoms in total. The first-order chi connectivity index (χ1) is 11.6. The van der Waals surface area contributed by atoms with E-state index in [0.717, 1.165) is 17.9 Å². The molecule has 0 spiro atoms. The van der Waals surface area contributed by atoms with Gasteiger partial charge in [-0.25, -0.2) is 4.99 Å².